The van der Waals surface area contributed by atoms with Crippen LogP contribution in [0.25, 0.3) is 0 Å². The minimum atomic E-state index is -0.541. The van der Waals surface area contributed by atoms with Crippen LogP contribution in [0.15, 0.2) is 0 Å². The van der Waals surface area contributed by atoms with Crippen molar-refractivity contribution in [3.05, 3.63) is 16.0 Å². The smallest absolute Gasteiger partial charge is 0.348 e. The summed E-state index contributed by atoms with van der Waals surface area (Å²) in [6.07, 6.45) is 0. The highest BCUT2D eigenvalue weighted by atomic mass is 32.1. The van der Waals surface area contributed by atoms with Crippen molar-refractivity contribution < 1.29 is 28.3 Å². The third-order valence-corrected chi connectivity index (χ3v) is 6.68. The molecule has 0 atom stereocenters. The van der Waals surface area contributed by atoms with E-state index >= 15 is 0 Å². The summed E-state index contributed by atoms with van der Waals surface area (Å²) in [6.45, 7) is 11.9. The SMILES string of the molecule is CCOC(=O)c1sc(NC(=O)C[N+]23CCN(CC2)CC3)c(C(=O)OCC)c1C. The maximum absolute atomic E-state index is 12.8. The maximum atomic E-state index is 12.8. The minimum Gasteiger partial charge on any atom is -0.462 e. The van der Waals surface area contributed by atoms with Crippen LogP contribution in [-0.2, 0) is 14.3 Å². The van der Waals surface area contributed by atoms with Crippen molar-refractivity contribution in [2.75, 3.05) is 64.3 Å². The molecule has 28 heavy (non-hydrogen) atoms. The monoisotopic (exact) mass is 410 g/mol. The molecule has 8 nitrogen and oxygen atoms in total. The summed E-state index contributed by atoms with van der Waals surface area (Å²) in [5, 5.41) is 3.23. The molecule has 2 bridgehead atoms. The van der Waals surface area contributed by atoms with Crippen LogP contribution < -0.4 is 5.32 Å². The van der Waals surface area contributed by atoms with Crippen molar-refractivity contribution in [2.45, 2.75) is 20.8 Å². The molecule has 1 aromatic heterocycles. The van der Waals surface area contributed by atoms with Gasteiger partial charge < -0.3 is 19.3 Å². The van der Waals surface area contributed by atoms with E-state index in [9.17, 15) is 14.4 Å². The van der Waals surface area contributed by atoms with Crippen molar-refractivity contribution in [1.29, 1.82) is 0 Å². The number of amides is 1. The predicted molar refractivity (Wildman–Crippen MR) is 106 cm³/mol. The summed E-state index contributed by atoms with van der Waals surface area (Å²) in [6, 6.07) is 0. The number of fused-ring (bicyclic) bond motifs is 3. The van der Waals surface area contributed by atoms with E-state index in [-0.39, 0.29) is 24.7 Å². The Bertz CT molecular complexity index is 754. The zero-order chi connectivity index (χ0) is 20.3. The number of ether oxygens (including phenoxy) is 2. The largest absolute Gasteiger partial charge is 0.462 e. The van der Waals surface area contributed by atoms with E-state index in [0.29, 0.717) is 22.0 Å². The van der Waals surface area contributed by atoms with Crippen LogP contribution in [-0.4, -0.2) is 86.3 Å². The highest BCUT2D eigenvalue weighted by molar-refractivity contribution is 7.18. The summed E-state index contributed by atoms with van der Waals surface area (Å²) in [4.78, 5) is 40.2. The molecule has 0 aromatic carbocycles. The molecular weight excluding hydrogens is 382 g/mol. The minimum absolute atomic E-state index is 0.141. The Labute approximate surface area is 169 Å². The van der Waals surface area contributed by atoms with Gasteiger partial charge in [-0.15, -0.1) is 11.3 Å². The number of carbonyl (C=O) groups excluding carboxylic acids is 3. The zero-order valence-corrected chi connectivity index (χ0v) is 17.5. The van der Waals surface area contributed by atoms with Crippen LogP contribution in [0.4, 0.5) is 5.00 Å². The first-order valence-corrected chi connectivity index (χ1v) is 10.6. The van der Waals surface area contributed by atoms with E-state index < -0.39 is 11.9 Å². The van der Waals surface area contributed by atoms with E-state index in [4.69, 9.17) is 9.47 Å². The Kier molecular flexibility index (Phi) is 6.36. The van der Waals surface area contributed by atoms with Crippen LogP contribution in [0.1, 0.15) is 39.4 Å². The van der Waals surface area contributed by atoms with Gasteiger partial charge in [-0.2, -0.15) is 0 Å². The highest BCUT2D eigenvalue weighted by Crippen LogP contribution is 2.34. The molecule has 1 aromatic rings. The molecule has 0 saturated carbocycles. The number of nitrogens with zero attached hydrogens (tertiary/aromatic N) is 2. The van der Waals surface area contributed by atoms with Gasteiger partial charge in [0.1, 0.15) is 9.88 Å². The van der Waals surface area contributed by atoms with Gasteiger partial charge in [-0.1, -0.05) is 0 Å². The molecule has 0 spiro atoms. The molecule has 0 unspecified atom stereocenters. The van der Waals surface area contributed by atoms with Gasteiger partial charge in [0.25, 0.3) is 5.91 Å². The molecule has 1 N–H and O–H groups in total. The number of anilines is 1. The standard InChI is InChI=1S/C19H27N3O5S/c1-4-26-18(24)15-13(3)16(19(25)27-5-2)28-17(15)20-14(23)12-22-9-6-21(7-10-22)8-11-22/h4-12H2,1-3H3/p+1. The average Bonchev–Trinajstić information content (AvgIpc) is 2.99. The molecular formula is C19H28N3O5S+. The van der Waals surface area contributed by atoms with Gasteiger partial charge in [-0.3, -0.25) is 9.69 Å². The number of carbonyl (C=O) groups is 3. The Hall–Kier alpha value is -1.97. The van der Waals surface area contributed by atoms with Gasteiger partial charge in [0.2, 0.25) is 0 Å². The van der Waals surface area contributed by atoms with E-state index in [1.54, 1.807) is 20.8 Å². The first-order chi connectivity index (χ1) is 13.4. The average molecular weight is 411 g/mol. The van der Waals surface area contributed by atoms with Crippen LogP contribution >= 0.6 is 11.3 Å². The first kappa shape index (κ1) is 20.8. The van der Waals surface area contributed by atoms with Crippen LogP contribution in [0.3, 0.4) is 0 Å². The fourth-order valence-electron chi connectivity index (χ4n) is 3.88. The fraction of sp³-hybridized carbons (Fsp3) is 0.632. The number of hydrogen-bond donors (Lipinski definition) is 1. The molecule has 4 rings (SSSR count). The van der Waals surface area contributed by atoms with E-state index in [1.807, 2.05) is 0 Å². The number of thiophene rings is 1. The van der Waals surface area contributed by atoms with E-state index in [2.05, 4.69) is 10.2 Å². The molecule has 1 amide bonds. The molecule has 3 aliphatic rings. The number of rotatable bonds is 7. The van der Waals surface area contributed by atoms with Crippen LogP contribution in [0, 0.1) is 6.92 Å². The van der Waals surface area contributed by atoms with Crippen LogP contribution in [0.5, 0.6) is 0 Å². The number of nitrogens with one attached hydrogen (secondary N) is 1. The lowest BCUT2D eigenvalue weighted by Gasteiger charge is -2.50. The van der Waals surface area contributed by atoms with Crippen molar-refractivity contribution in [2.24, 2.45) is 0 Å². The Morgan fingerprint density at radius 2 is 1.61 bits per heavy atom. The lowest BCUT2D eigenvalue weighted by molar-refractivity contribution is -0.933. The third-order valence-electron chi connectivity index (χ3n) is 5.49. The van der Waals surface area contributed by atoms with Gasteiger partial charge in [0.05, 0.1) is 38.4 Å². The molecule has 9 heteroatoms. The molecule has 4 heterocycles. The molecule has 0 aliphatic carbocycles. The topological polar surface area (TPSA) is 84.9 Å². The second-order valence-electron chi connectivity index (χ2n) is 7.26. The Balaban J connectivity index is 1.81. The molecule has 3 aliphatic heterocycles. The fourth-order valence-corrected chi connectivity index (χ4v) is 4.99. The number of hydrogen-bond acceptors (Lipinski definition) is 7. The zero-order valence-electron chi connectivity index (χ0n) is 16.7. The van der Waals surface area contributed by atoms with Gasteiger partial charge in [-0.25, -0.2) is 9.59 Å². The first-order valence-electron chi connectivity index (χ1n) is 9.74. The van der Waals surface area contributed by atoms with Gasteiger partial charge >= 0.3 is 11.9 Å². The van der Waals surface area contributed by atoms with Crippen molar-refractivity contribution in [3.8, 4) is 0 Å². The van der Waals surface area contributed by atoms with Crippen LogP contribution in [0.2, 0.25) is 0 Å². The number of piperazine rings is 3. The molecule has 0 radical (unpaired) electrons. The van der Waals surface area contributed by atoms with Gasteiger partial charge in [0, 0.05) is 19.6 Å². The summed E-state index contributed by atoms with van der Waals surface area (Å²) in [5.41, 5.74) is 0.725. The number of esters is 2. The number of quaternary nitrogens is 1. The maximum Gasteiger partial charge on any atom is 0.348 e. The second-order valence-corrected chi connectivity index (χ2v) is 8.28. The summed E-state index contributed by atoms with van der Waals surface area (Å²) < 4.78 is 11.0. The summed E-state index contributed by atoms with van der Waals surface area (Å²) >= 11 is 1.07. The second kappa shape index (κ2) is 8.59. The predicted octanol–water partition coefficient (Wildman–Crippen LogP) is 1.49. The lowest BCUT2D eigenvalue weighted by Crippen LogP contribution is -2.68. The molecule has 3 fully saturated rings. The molecule has 3 saturated heterocycles. The summed E-state index contributed by atoms with van der Waals surface area (Å²) in [5.74, 6) is -1.18. The lowest BCUT2D eigenvalue weighted by atomic mass is 10.1. The van der Waals surface area contributed by atoms with E-state index in [1.165, 1.54) is 0 Å². The van der Waals surface area contributed by atoms with E-state index in [0.717, 1.165) is 55.1 Å². The van der Waals surface area contributed by atoms with Crippen molar-refractivity contribution >= 4 is 34.2 Å². The highest BCUT2D eigenvalue weighted by Gasteiger charge is 2.40. The normalized spacial score (nSPS) is 23.3. The van der Waals surface area contributed by atoms with Gasteiger partial charge in [-0.05, 0) is 26.3 Å². The van der Waals surface area contributed by atoms with Crippen molar-refractivity contribution in [1.82, 2.24) is 4.90 Å². The third kappa shape index (κ3) is 4.21. The Morgan fingerprint density at radius 3 is 2.18 bits per heavy atom. The Morgan fingerprint density at radius 1 is 1.04 bits per heavy atom. The van der Waals surface area contributed by atoms with Gasteiger partial charge in [0.15, 0.2) is 6.54 Å². The molecule has 154 valence electrons. The van der Waals surface area contributed by atoms with Crippen molar-refractivity contribution in [3.63, 3.8) is 0 Å². The summed E-state index contributed by atoms with van der Waals surface area (Å²) in [7, 11) is 0. The quantitative estimate of drug-likeness (QED) is 0.542.